The third kappa shape index (κ3) is 4.14. The number of hydrogen-bond acceptors (Lipinski definition) is 4. The summed E-state index contributed by atoms with van der Waals surface area (Å²) in [6.07, 6.45) is 0. The molecule has 2 aromatic carbocycles. The minimum atomic E-state index is -4.01. The van der Waals surface area contributed by atoms with Crippen LogP contribution in [0.3, 0.4) is 0 Å². The summed E-state index contributed by atoms with van der Waals surface area (Å²) in [4.78, 5) is 11.9. The van der Waals surface area contributed by atoms with Crippen molar-refractivity contribution in [1.29, 1.82) is 0 Å². The van der Waals surface area contributed by atoms with Crippen LogP contribution in [0.4, 0.5) is 5.69 Å². The Labute approximate surface area is 153 Å². The number of esters is 1. The Morgan fingerprint density at radius 3 is 2.32 bits per heavy atom. The summed E-state index contributed by atoms with van der Waals surface area (Å²) in [7, 11) is -2.80. The fourth-order valence-electron chi connectivity index (χ4n) is 2.40. The maximum Gasteiger partial charge on any atom is 0.339 e. The third-order valence-electron chi connectivity index (χ3n) is 3.51. The predicted molar refractivity (Wildman–Crippen MR) is 98.6 cm³/mol. The topological polar surface area (TPSA) is 63.7 Å². The van der Waals surface area contributed by atoms with E-state index in [4.69, 9.17) is 16.3 Å². The summed E-state index contributed by atoms with van der Waals surface area (Å²) < 4.78 is 32.6. The highest BCUT2D eigenvalue weighted by atomic mass is 35.5. The number of para-hydroxylation sites is 1. The number of rotatable bonds is 6. The molecule has 2 rings (SSSR count). The second-order valence-corrected chi connectivity index (χ2v) is 8.11. The van der Waals surface area contributed by atoms with Crippen molar-refractivity contribution < 1.29 is 17.9 Å². The number of benzene rings is 2. The van der Waals surface area contributed by atoms with Gasteiger partial charge in [0.1, 0.15) is 4.90 Å². The van der Waals surface area contributed by atoms with Crippen LogP contribution < -0.4 is 4.31 Å². The molecule has 0 aliphatic carbocycles. The van der Waals surface area contributed by atoms with Crippen LogP contribution in [0.15, 0.2) is 53.4 Å². The van der Waals surface area contributed by atoms with Crippen LogP contribution in [0, 0.1) is 5.92 Å². The lowest BCUT2D eigenvalue weighted by atomic mass is 10.2. The SMILES string of the molecule is COC(=O)c1ccccc1S(=O)(=O)N(CC(C)C)c1ccccc1Cl. The molecule has 0 unspecified atom stereocenters. The largest absolute Gasteiger partial charge is 0.465 e. The lowest BCUT2D eigenvalue weighted by Crippen LogP contribution is -2.35. The van der Waals surface area contributed by atoms with Crippen LogP contribution >= 0.6 is 11.6 Å². The summed E-state index contributed by atoms with van der Waals surface area (Å²) in [5, 5.41) is 0.322. The monoisotopic (exact) mass is 381 g/mol. The zero-order valence-corrected chi connectivity index (χ0v) is 15.8. The summed E-state index contributed by atoms with van der Waals surface area (Å²) in [6.45, 7) is 4.04. The van der Waals surface area contributed by atoms with Crippen LogP contribution in [0.1, 0.15) is 24.2 Å². The molecule has 0 heterocycles. The average Bonchev–Trinajstić information content (AvgIpc) is 2.59. The van der Waals surface area contributed by atoms with E-state index in [1.807, 2.05) is 13.8 Å². The number of anilines is 1. The lowest BCUT2D eigenvalue weighted by molar-refractivity contribution is 0.0596. The van der Waals surface area contributed by atoms with E-state index in [0.29, 0.717) is 10.7 Å². The third-order valence-corrected chi connectivity index (χ3v) is 5.67. The fourth-order valence-corrected chi connectivity index (χ4v) is 4.52. The number of nitrogens with zero attached hydrogens (tertiary/aromatic N) is 1. The van der Waals surface area contributed by atoms with Crippen molar-refractivity contribution in [2.75, 3.05) is 18.0 Å². The second-order valence-electron chi connectivity index (χ2n) is 5.87. The molecule has 0 aliphatic heterocycles. The summed E-state index contributed by atoms with van der Waals surface area (Å²) >= 11 is 6.23. The number of halogens is 1. The van der Waals surface area contributed by atoms with Gasteiger partial charge in [-0.05, 0) is 30.2 Å². The van der Waals surface area contributed by atoms with Crippen molar-refractivity contribution in [3.05, 3.63) is 59.1 Å². The van der Waals surface area contributed by atoms with E-state index in [-0.39, 0.29) is 22.9 Å². The smallest absolute Gasteiger partial charge is 0.339 e. The van der Waals surface area contributed by atoms with Crippen molar-refractivity contribution in [1.82, 2.24) is 0 Å². The van der Waals surface area contributed by atoms with Crippen LogP contribution in [0.25, 0.3) is 0 Å². The van der Waals surface area contributed by atoms with Gasteiger partial charge in [-0.25, -0.2) is 13.2 Å². The van der Waals surface area contributed by atoms with E-state index >= 15 is 0 Å². The van der Waals surface area contributed by atoms with Crippen molar-refractivity contribution in [2.24, 2.45) is 5.92 Å². The standard InChI is InChI=1S/C18H20ClNO4S/c1-13(2)12-20(16-10-6-5-9-15(16)19)25(22,23)17-11-7-4-8-14(17)18(21)24-3/h4-11,13H,12H2,1-3H3. The Morgan fingerprint density at radius 2 is 1.72 bits per heavy atom. The van der Waals surface area contributed by atoms with Crippen molar-refractivity contribution in [3.8, 4) is 0 Å². The second kappa shape index (κ2) is 7.89. The molecular formula is C18H20ClNO4S. The van der Waals surface area contributed by atoms with Gasteiger partial charge in [0, 0.05) is 6.54 Å². The quantitative estimate of drug-likeness (QED) is 0.710. The van der Waals surface area contributed by atoms with Gasteiger partial charge in [0.15, 0.2) is 0 Å². The molecule has 0 amide bonds. The molecule has 2 aromatic rings. The number of hydrogen-bond donors (Lipinski definition) is 0. The van der Waals surface area contributed by atoms with E-state index < -0.39 is 16.0 Å². The molecule has 0 atom stereocenters. The molecule has 0 aliphatic rings. The highest BCUT2D eigenvalue weighted by Crippen LogP contribution is 2.32. The van der Waals surface area contributed by atoms with Gasteiger partial charge in [-0.1, -0.05) is 49.7 Å². The number of ether oxygens (including phenoxy) is 1. The normalized spacial score (nSPS) is 11.4. The van der Waals surface area contributed by atoms with Crippen molar-refractivity contribution >= 4 is 33.3 Å². The molecule has 0 saturated heterocycles. The summed E-state index contributed by atoms with van der Waals surface area (Å²) in [6, 6.07) is 12.7. The first-order valence-corrected chi connectivity index (χ1v) is 9.55. The number of methoxy groups -OCH3 is 1. The number of carbonyl (C=O) groups excluding carboxylic acids is 1. The van der Waals surface area contributed by atoms with Crippen molar-refractivity contribution in [3.63, 3.8) is 0 Å². The molecular weight excluding hydrogens is 362 g/mol. The summed E-state index contributed by atoms with van der Waals surface area (Å²) in [5.41, 5.74) is 0.364. The average molecular weight is 382 g/mol. The van der Waals surface area contributed by atoms with Gasteiger partial charge < -0.3 is 4.74 Å². The van der Waals surface area contributed by atoms with E-state index in [0.717, 1.165) is 0 Å². The molecule has 0 saturated carbocycles. The molecule has 0 aromatic heterocycles. The lowest BCUT2D eigenvalue weighted by Gasteiger charge is -2.27. The molecule has 0 bridgehead atoms. The first-order valence-electron chi connectivity index (χ1n) is 7.73. The van der Waals surface area contributed by atoms with Gasteiger partial charge in [0.2, 0.25) is 0 Å². The van der Waals surface area contributed by atoms with Gasteiger partial charge in [0.05, 0.1) is 23.4 Å². The number of sulfonamides is 1. The predicted octanol–water partition coefficient (Wildman–Crippen LogP) is 3.98. The molecule has 0 fully saturated rings. The van der Waals surface area contributed by atoms with E-state index in [1.54, 1.807) is 36.4 Å². The molecule has 0 spiro atoms. The van der Waals surface area contributed by atoms with Crippen LogP contribution in [0.2, 0.25) is 5.02 Å². The zero-order chi connectivity index (χ0) is 18.6. The molecule has 134 valence electrons. The fraction of sp³-hybridized carbons (Fsp3) is 0.278. The Morgan fingerprint density at radius 1 is 1.12 bits per heavy atom. The van der Waals surface area contributed by atoms with Gasteiger partial charge in [-0.2, -0.15) is 0 Å². The Bertz CT molecular complexity index is 865. The highest BCUT2D eigenvalue weighted by Gasteiger charge is 2.31. The maximum absolute atomic E-state index is 13.3. The van der Waals surface area contributed by atoms with Crippen LogP contribution in [-0.2, 0) is 14.8 Å². The van der Waals surface area contributed by atoms with Gasteiger partial charge in [-0.3, -0.25) is 4.31 Å². The van der Waals surface area contributed by atoms with E-state index in [1.165, 1.54) is 23.5 Å². The van der Waals surface area contributed by atoms with E-state index in [9.17, 15) is 13.2 Å². The van der Waals surface area contributed by atoms with Crippen LogP contribution in [0.5, 0.6) is 0 Å². The molecule has 7 heteroatoms. The van der Waals surface area contributed by atoms with Crippen LogP contribution in [-0.4, -0.2) is 28.0 Å². The molecule has 0 N–H and O–H groups in total. The zero-order valence-electron chi connectivity index (χ0n) is 14.3. The Hall–Kier alpha value is -2.05. The molecule has 25 heavy (non-hydrogen) atoms. The van der Waals surface area contributed by atoms with Gasteiger partial charge in [-0.15, -0.1) is 0 Å². The first kappa shape index (κ1) is 19.3. The first-order chi connectivity index (χ1) is 11.8. The number of carbonyl (C=O) groups is 1. The molecule has 0 radical (unpaired) electrons. The van der Waals surface area contributed by atoms with Gasteiger partial charge in [0.25, 0.3) is 10.0 Å². The Kier molecular flexibility index (Phi) is 6.08. The minimum absolute atomic E-state index is 0.00851. The molecule has 5 nitrogen and oxygen atoms in total. The van der Waals surface area contributed by atoms with E-state index in [2.05, 4.69) is 0 Å². The highest BCUT2D eigenvalue weighted by molar-refractivity contribution is 7.93. The summed E-state index contributed by atoms with van der Waals surface area (Å²) in [5.74, 6) is -0.654. The maximum atomic E-state index is 13.3. The van der Waals surface area contributed by atoms with Gasteiger partial charge >= 0.3 is 5.97 Å². The minimum Gasteiger partial charge on any atom is -0.465 e. The van der Waals surface area contributed by atoms with Crippen molar-refractivity contribution in [2.45, 2.75) is 18.7 Å². The Balaban J connectivity index is 2.65.